The van der Waals surface area contributed by atoms with Crippen LogP contribution in [0.2, 0.25) is 5.02 Å². The lowest BCUT2D eigenvalue weighted by Gasteiger charge is -2.39. The monoisotopic (exact) mass is 409 g/mol. The lowest BCUT2D eigenvalue weighted by atomic mass is 9.65. The van der Waals surface area contributed by atoms with Gasteiger partial charge in [-0.15, -0.1) is 0 Å². The molecule has 1 saturated carbocycles. The van der Waals surface area contributed by atoms with Crippen LogP contribution in [-0.4, -0.2) is 22.6 Å². The first-order valence-corrected chi connectivity index (χ1v) is 9.81. The molecule has 2 aliphatic rings. The van der Waals surface area contributed by atoms with Crippen LogP contribution in [0.25, 0.3) is 11.3 Å². The Morgan fingerprint density at radius 3 is 2.39 bits per heavy atom. The van der Waals surface area contributed by atoms with Crippen molar-refractivity contribution in [3.05, 3.63) is 41.0 Å². The Kier molecular flexibility index (Phi) is 4.42. The van der Waals surface area contributed by atoms with Gasteiger partial charge in [-0.2, -0.15) is 13.2 Å². The van der Waals surface area contributed by atoms with Crippen molar-refractivity contribution in [2.24, 2.45) is 10.8 Å². The van der Waals surface area contributed by atoms with Crippen molar-refractivity contribution in [1.29, 1.82) is 0 Å². The molecule has 2 aromatic rings. The minimum absolute atomic E-state index is 0.0739. The predicted octanol–water partition coefficient (Wildman–Crippen LogP) is 6.22. The summed E-state index contributed by atoms with van der Waals surface area (Å²) in [6.45, 7) is 7.36. The van der Waals surface area contributed by atoms with Gasteiger partial charge in [0, 0.05) is 23.2 Å². The smallest absolute Gasteiger partial charge is 0.337 e. The van der Waals surface area contributed by atoms with Crippen LogP contribution in [0, 0.1) is 10.8 Å². The summed E-state index contributed by atoms with van der Waals surface area (Å²) in [6.07, 6.45) is -1.59. The van der Waals surface area contributed by atoms with Gasteiger partial charge >= 0.3 is 6.18 Å². The van der Waals surface area contributed by atoms with E-state index in [0.29, 0.717) is 17.1 Å². The molecule has 28 heavy (non-hydrogen) atoms. The molecule has 0 spiro atoms. The van der Waals surface area contributed by atoms with Crippen LogP contribution in [0.3, 0.4) is 0 Å². The number of aromatic nitrogens is 2. The molecule has 7 heteroatoms. The van der Waals surface area contributed by atoms with Crippen molar-refractivity contribution >= 4 is 17.5 Å². The van der Waals surface area contributed by atoms with Crippen molar-refractivity contribution < 1.29 is 13.2 Å². The highest BCUT2D eigenvalue weighted by Gasteiger charge is 2.50. The van der Waals surface area contributed by atoms with E-state index in [1.54, 1.807) is 24.3 Å². The van der Waals surface area contributed by atoms with Crippen LogP contribution in [-0.2, 0) is 6.18 Å². The van der Waals surface area contributed by atoms with Gasteiger partial charge in [-0.3, -0.25) is 0 Å². The van der Waals surface area contributed by atoms with E-state index in [0.717, 1.165) is 25.3 Å². The second-order valence-electron chi connectivity index (χ2n) is 9.28. The maximum absolute atomic E-state index is 13.6. The van der Waals surface area contributed by atoms with E-state index < -0.39 is 11.9 Å². The Morgan fingerprint density at radius 1 is 1.07 bits per heavy atom. The molecule has 1 saturated heterocycles. The molecule has 1 aromatic heterocycles. The van der Waals surface area contributed by atoms with Crippen molar-refractivity contribution in [3.8, 4) is 11.3 Å². The summed E-state index contributed by atoms with van der Waals surface area (Å²) in [5.41, 5.74) is 0.178. The van der Waals surface area contributed by atoms with Gasteiger partial charge in [0.15, 0.2) is 5.69 Å². The second-order valence-corrected chi connectivity index (χ2v) is 9.72. The number of anilines is 1. The van der Waals surface area contributed by atoms with Crippen LogP contribution >= 0.6 is 11.6 Å². The van der Waals surface area contributed by atoms with E-state index in [4.69, 9.17) is 11.6 Å². The molecule has 2 fully saturated rings. The van der Waals surface area contributed by atoms with Crippen LogP contribution in [0.5, 0.6) is 0 Å². The van der Waals surface area contributed by atoms with Gasteiger partial charge in [0.25, 0.3) is 0 Å². The van der Waals surface area contributed by atoms with E-state index in [-0.39, 0.29) is 28.5 Å². The third-order valence-corrected chi connectivity index (χ3v) is 6.07. The number of benzene rings is 1. The largest absolute Gasteiger partial charge is 0.433 e. The number of rotatable bonds is 2. The van der Waals surface area contributed by atoms with Gasteiger partial charge in [-0.1, -0.05) is 44.5 Å². The van der Waals surface area contributed by atoms with Crippen LogP contribution < -0.4 is 4.90 Å². The van der Waals surface area contributed by atoms with Gasteiger partial charge in [0.2, 0.25) is 5.95 Å². The average molecular weight is 410 g/mol. The van der Waals surface area contributed by atoms with Gasteiger partial charge < -0.3 is 4.90 Å². The molecule has 1 aliphatic heterocycles. The van der Waals surface area contributed by atoms with Crippen molar-refractivity contribution in [2.45, 2.75) is 52.3 Å². The topological polar surface area (TPSA) is 29.0 Å². The molecule has 0 amide bonds. The minimum atomic E-state index is -4.53. The number of hydrogen-bond donors (Lipinski definition) is 0. The molecule has 2 unspecified atom stereocenters. The Morgan fingerprint density at radius 2 is 1.75 bits per heavy atom. The molecule has 150 valence electrons. The summed E-state index contributed by atoms with van der Waals surface area (Å²) < 4.78 is 40.7. The zero-order valence-electron chi connectivity index (χ0n) is 16.1. The molecule has 4 rings (SSSR count). The molecule has 1 aliphatic carbocycles. The molecule has 2 heterocycles. The summed E-state index contributed by atoms with van der Waals surface area (Å²) in [6, 6.07) is 7.84. The maximum atomic E-state index is 13.6. The van der Waals surface area contributed by atoms with E-state index >= 15 is 0 Å². The quantitative estimate of drug-likeness (QED) is 0.589. The van der Waals surface area contributed by atoms with E-state index in [2.05, 4.69) is 30.7 Å². The number of alkyl halides is 3. The first-order chi connectivity index (χ1) is 12.9. The zero-order chi connectivity index (χ0) is 20.3. The summed E-state index contributed by atoms with van der Waals surface area (Å²) >= 11 is 5.92. The fourth-order valence-electron chi connectivity index (χ4n) is 5.17. The molecule has 0 radical (unpaired) electrons. The van der Waals surface area contributed by atoms with Crippen molar-refractivity contribution in [1.82, 2.24) is 9.97 Å². The first-order valence-electron chi connectivity index (χ1n) is 9.43. The number of hydrogen-bond acceptors (Lipinski definition) is 3. The Labute approximate surface area is 167 Å². The van der Waals surface area contributed by atoms with Gasteiger partial charge in [0.1, 0.15) is 0 Å². The molecule has 2 atom stereocenters. The summed E-state index contributed by atoms with van der Waals surface area (Å²) in [4.78, 5) is 10.5. The van der Waals surface area contributed by atoms with Gasteiger partial charge in [-0.25, -0.2) is 9.97 Å². The van der Waals surface area contributed by atoms with Crippen LogP contribution in [0.1, 0.15) is 45.7 Å². The van der Waals surface area contributed by atoms with Gasteiger partial charge in [0.05, 0.1) is 5.69 Å². The highest BCUT2D eigenvalue weighted by molar-refractivity contribution is 6.30. The highest BCUT2D eigenvalue weighted by Crippen LogP contribution is 2.53. The molecule has 2 bridgehead atoms. The lowest BCUT2D eigenvalue weighted by Crippen LogP contribution is -2.35. The lowest BCUT2D eigenvalue weighted by molar-refractivity contribution is -0.141. The van der Waals surface area contributed by atoms with Crippen LogP contribution in [0.4, 0.5) is 19.1 Å². The molecule has 0 N–H and O–H groups in total. The third-order valence-electron chi connectivity index (χ3n) is 5.82. The highest BCUT2D eigenvalue weighted by atomic mass is 35.5. The predicted molar refractivity (Wildman–Crippen MR) is 104 cm³/mol. The summed E-state index contributed by atoms with van der Waals surface area (Å²) in [5, 5.41) is 0.526. The fraction of sp³-hybridized carbons (Fsp3) is 0.524. The second kappa shape index (κ2) is 6.34. The van der Waals surface area contributed by atoms with Gasteiger partial charge in [-0.05, 0) is 48.3 Å². The standard InChI is InChI=1S/C21H23ClF3N3/c1-19(2)9-15-10-20(3,11-19)12-28(15)18-26-16(8-17(27-18)21(23,24)25)13-4-6-14(22)7-5-13/h4-8,15H,9-12H2,1-3H3. The van der Waals surface area contributed by atoms with Crippen LogP contribution in [0.15, 0.2) is 30.3 Å². The Bertz CT molecular complexity index is 895. The molecule has 3 nitrogen and oxygen atoms in total. The van der Waals surface area contributed by atoms with Crippen molar-refractivity contribution in [3.63, 3.8) is 0 Å². The Balaban J connectivity index is 1.79. The average Bonchev–Trinajstić information content (AvgIpc) is 2.83. The minimum Gasteiger partial charge on any atom is -0.337 e. The third kappa shape index (κ3) is 3.71. The summed E-state index contributed by atoms with van der Waals surface area (Å²) in [5.74, 6) is 0.172. The van der Waals surface area contributed by atoms with E-state index in [9.17, 15) is 13.2 Å². The number of halogens is 4. The normalized spacial score (nSPS) is 26.5. The molecule has 1 aromatic carbocycles. The maximum Gasteiger partial charge on any atom is 0.433 e. The van der Waals surface area contributed by atoms with Crippen molar-refractivity contribution in [2.75, 3.05) is 11.4 Å². The first kappa shape index (κ1) is 19.5. The zero-order valence-corrected chi connectivity index (χ0v) is 16.9. The summed E-state index contributed by atoms with van der Waals surface area (Å²) in [7, 11) is 0. The Hall–Kier alpha value is -1.82. The number of nitrogens with zero attached hydrogens (tertiary/aromatic N) is 3. The van der Waals surface area contributed by atoms with E-state index in [1.165, 1.54) is 0 Å². The molecular weight excluding hydrogens is 387 g/mol. The SMILES string of the molecule is CC1(C)CC2CC(C)(CN2c2nc(-c3ccc(Cl)cc3)cc(C(F)(F)F)n2)C1. The fourth-order valence-corrected chi connectivity index (χ4v) is 5.30. The molecular formula is C21H23ClF3N3. The van der Waals surface area contributed by atoms with E-state index in [1.807, 2.05) is 4.90 Å². The number of fused-ring (bicyclic) bond motifs is 2.